The number of carbonyl (C=O) groups is 2. The molecule has 27 heavy (non-hydrogen) atoms. The summed E-state index contributed by atoms with van der Waals surface area (Å²) in [4.78, 5) is 26.4. The van der Waals surface area contributed by atoms with E-state index in [1.54, 1.807) is 26.3 Å². The van der Waals surface area contributed by atoms with Gasteiger partial charge in [0.15, 0.2) is 0 Å². The number of nitrogens with zero attached hydrogens (tertiary/aromatic N) is 1. The van der Waals surface area contributed by atoms with E-state index in [0.29, 0.717) is 23.5 Å². The average molecular weight is 367 g/mol. The molecule has 1 heterocycles. The van der Waals surface area contributed by atoms with E-state index in [9.17, 15) is 9.59 Å². The van der Waals surface area contributed by atoms with Gasteiger partial charge < -0.3 is 20.3 Å². The van der Waals surface area contributed by atoms with E-state index in [4.69, 9.17) is 4.74 Å². The van der Waals surface area contributed by atoms with Gasteiger partial charge in [0.05, 0.1) is 7.11 Å². The summed E-state index contributed by atoms with van der Waals surface area (Å²) < 4.78 is 5.19. The third kappa shape index (κ3) is 4.58. The molecule has 142 valence electrons. The topological polar surface area (TPSA) is 70.7 Å². The van der Waals surface area contributed by atoms with Crippen LogP contribution in [-0.4, -0.2) is 44.1 Å². The quantitative estimate of drug-likeness (QED) is 0.869. The zero-order chi connectivity index (χ0) is 19.2. The number of amides is 3. The van der Waals surface area contributed by atoms with Crippen LogP contribution in [0, 0.1) is 0 Å². The van der Waals surface area contributed by atoms with E-state index >= 15 is 0 Å². The van der Waals surface area contributed by atoms with Crippen LogP contribution in [0.2, 0.25) is 0 Å². The summed E-state index contributed by atoms with van der Waals surface area (Å²) in [6.45, 7) is 1.44. The Balaban J connectivity index is 1.72. The summed E-state index contributed by atoms with van der Waals surface area (Å²) in [7, 11) is 3.24. The Morgan fingerprint density at radius 1 is 1.15 bits per heavy atom. The standard InChI is InChI=1S/C21H25N3O3/c1-22-21(26)24-11-5-8-17(14-24)15-6-3-7-16(12-15)20(25)23-18-9-4-10-19(13-18)27-2/h3-4,6-7,9-10,12-13,17H,5,8,11,14H2,1-2H3,(H,22,26)(H,23,25)/t17-/m0/s1. The minimum Gasteiger partial charge on any atom is -0.497 e. The van der Waals surface area contributed by atoms with Gasteiger partial charge in [-0.05, 0) is 42.7 Å². The van der Waals surface area contributed by atoms with E-state index in [-0.39, 0.29) is 17.9 Å². The predicted octanol–water partition coefficient (Wildman–Crippen LogP) is 3.47. The van der Waals surface area contributed by atoms with Crippen LogP contribution in [0.15, 0.2) is 48.5 Å². The highest BCUT2D eigenvalue weighted by Crippen LogP contribution is 2.28. The summed E-state index contributed by atoms with van der Waals surface area (Å²) in [5, 5.41) is 5.59. The first kappa shape index (κ1) is 18.8. The van der Waals surface area contributed by atoms with Crippen LogP contribution in [0.25, 0.3) is 0 Å². The zero-order valence-corrected chi connectivity index (χ0v) is 15.7. The number of likely N-dealkylation sites (tertiary alicyclic amines) is 1. The van der Waals surface area contributed by atoms with Gasteiger partial charge in [0.1, 0.15) is 5.75 Å². The molecular formula is C21H25N3O3. The lowest BCUT2D eigenvalue weighted by molar-refractivity contribution is 0.102. The Hall–Kier alpha value is -3.02. The van der Waals surface area contributed by atoms with E-state index in [0.717, 1.165) is 24.9 Å². The maximum absolute atomic E-state index is 12.6. The number of methoxy groups -OCH3 is 1. The molecule has 2 N–H and O–H groups in total. The van der Waals surface area contributed by atoms with Crippen molar-refractivity contribution in [2.45, 2.75) is 18.8 Å². The van der Waals surface area contributed by atoms with Gasteiger partial charge in [0, 0.05) is 43.4 Å². The van der Waals surface area contributed by atoms with Crippen molar-refractivity contribution < 1.29 is 14.3 Å². The van der Waals surface area contributed by atoms with E-state index in [2.05, 4.69) is 10.6 Å². The second-order valence-electron chi connectivity index (χ2n) is 6.65. The first-order valence-corrected chi connectivity index (χ1v) is 9.12. The van der Waals surface area contributed by atoms with Crippen molar-refractivity contribution in [1.29, 1.82) is 0 Å². The third-order valence-electron chi connectivity index (χ3n) is 4.87. The lowest BCUT2D eigenvalue weighted by Gasteiger charge is -2.32. The lowest BCUT2D eigenvalue weighted by Crippen LogP contribution is -2.43. The van der Waals surface area contributed by atoms with Crippen LogP contribution >= 0.6 is 0 Å². The van der Waals surface area contributed by atoms with Gasteiger partial charge in [-0.2, -0.15) is 0 Å². The molecule has 1 fully saturated rings. The maximum atomic E-state index is 12.6. The largest absolute Gasteiger partial charge is 0.497 e. The van der Waals surface area contributed by atoms with Crippen molar-refractivity contribution >= 4 is 17.6 Å². The minimum absolute atomic E-state index is 0.0494. The Bertz CT molecular complexity index is 822. The summed E-state index contributed by atoms with van der Waals surface area (Å²) in [5.41, 5.74) is 2.38. The van der Waals surface area contributed by atoms with E-state index in [1.807, 2.05) is 41.3 Å². The molecule has 0 radical (unpaired) electrons. The molecule has 0 spiro atoms. The average Bonchev–Trinajstić information content (AvgIpc) is 2.73. The summed E-state index contributed by atoms with van der Waals surface area (Å²) >= 11 is 0. The molecule has 0 saturated carbocycles. The number of hydrogen-bond donors (Lipinski definition) is 2. The Kier molecular flexibility index (Phi) is 5.96. The molecule has 1 aliphatic rings. The molecule has 1 aliphatic heterocycles. The molecule has 0 unspecified atom stereocenters. The van der Waals surface area contributed by atoms with Crippen LogP contribution < -0.4 is 15.4 Å². The van der Waals surface area contributed by atoms with Crippen molar-refractivity contribution in [3.8, 4) is 5.75 Å². The Labute approximate surface area is 159 Å². The summed E-state index contributed by atoms with van der Waals surface area (Å²) in [6, 6.07) is 14.9. The van der Waals surface area contributed by atoms with Crippen molar-refractivity contribution in [3.05, 3.63) is 59.7 Å². The number of anilines is 1. The van der Waals surface area contributed by atoms with Crippen LogP contribution in [0.3, 0.4) is 0 Å². The number of benzene rings is 2. The molecule has 1 atom stereocenters. The number of carbonyl (C=O) groups excluding carboxylic acids is 2. The molecule has 2 aromatic carbocycles. The molecular weight excluding hydrogens is 342 g/mol. The number of piperidine rings is 1. The fourth-order valence-electron chi connectivity index (χ4n) is 3.43. The van der Waals surface area contributed by atoms with E-state index < -0.39 is 0 Å². The van der Waals surface area contributed by atoms with Crippen molar-refractivity contribution in [3.63, 3.8) is 0 Å². The highest BCUT2D eigenvalue weighted by Gasteiger charge is 2.24. The van der Waals surface area contributed by atoms with Crippen molar-refractivity contribution in [1.82, 2.24) is 10.2 Å². The van der Waals surface area contributed by atoms with Crippen LogP contribution in [-0.2, 0) is 0 Å². The number of hydrogen-bond acceptors (Lipinski definition) is 3. The van der Waals surface area contributed by atoms with Crippen molar-refractivity contribution in [2.75, 3.05) is 32.6 Å². The fourth-order valence-corrected chi connectivity index (χ4v) is 3.43. The molecule has 0 aliphatic carbocycles. The summed E-state index contributed by atoms with van der Waals surface area (Å²) in [6.07, 6.45) is 1.97. The van der Waals surface area contributed by atoms with Gasteiger partial charge in [-0.3, -0.25) is 4.79 Å². The smallest absolute Gasteiger partial charge is 0.317 e. The highest BCUT2D eigenvalue weighted by molar-refractivity contribution is 6.04. The third-order valence-corrected chi connectivity index (χ3v) is 4.87. The monoisotopic (exact) mass is 367 g/mol. The van der Waals surface area contributed by atoms with Crippen LogP contribution in [0.1, 0.15) is 34.7 Å². The zero-order valence-electron chi connectivity index (χ0n) is 15.7. The number of nitrogens with one attached hydrogen (secondary N) is 2. The van der Waals surface area contributed by atoms with Crippen LogP contribution in [0.5, 0.6) is 5.75 Å². The van der Waals surface area contributed by atoms with E-state index in [1.165, 1.54) is 0 Å². The molecule has 2 aromatic rings. The molecule has 0 bridgehead atoms. The summed E-state index contributed by atoms with van der Waals surface area (Å²) in [5.74, 6) is 0.766. The highest BCUT2D eigenvalue weighted by atomic mass is 16.5. The number of urea groups is 1. The SMILES string of the molecule is CNC(=O)N1CCC[C@H](c2cccc(C(=O)Nc3cccc(OC)c3)c2)C1. The van der Waals surface area contributed by atoms with Crippen molar-refractivity contribution in [2.24, 2.45) is 0 Å². The van der Waals surface area contributed by atoms with Gasteiger partial charge in [0.2, 0.25) is 0 Å². The second kappa shape index (κ2) is 8.58. The normalized spacial score (nSPS) is 16.5. The predicted molar refractivity (Wildman–Crippen MR) is 105 cm³/mol. The molecule has 3 amide bonds. The molecule has 6 nitrogen and oxygen atoms in total. The minimum atomic E-state index is -0.163. The van der Waals surface area contributed by atoms with Gasteiger partial charge in [0.25, 0.3) is 5.91 Å². The van der Waals surface area contributed by atoms with Gasteiger partial charge in [-0.25, -0.2) is 4.79 Å². The number of rotatable bonds is 4. The molecule has 0 aromatic heterocycles. The van der Waals surface area contributed by atoms with Gasteiger partial charge >= 0.3 is 6.03 Å². The second-order valence-corrected chi connectivity index (χ2v) is 6.65. The fraction of sp³-hybridized carbons (Fsp3) is 0.333. The van der Waals surface area contributed by atoms with Gasteiger partial charge in [-0.1, -0.05) is 18.2 Å². The van der Waals surface area contributed by atoms with Crippen LogP contribution in [0.4, 0.5) is 10.5 Å². The molecule has 6 heteroatoms. The Morgan fingerprint density at radius 3 is 2.74 bits per heavy atom. The maximum Gasteiger partial charge on any atom is 0.317 e. The van der Waals surface area contributed by atoms with Gasteiger partial charge in [-0.15, -0.1) is 0 Å². The first-order valence-electron chi connectivity index (χ1n) is 9.12. The number of ether oxygens (including phenoxy) is 1. The first-order chi connectivity index (χ1) is 13.1. The lowest BCUT2D eigenvalue weighted by atomic mass is 9.89. The molecule has 3 rings (SSSR count). The Morgan fingerprint density at radius 2 is 1.96 bits per heavy atom. The molecule has 1 saturated heterocycles.